The molecule has 11 atom stereocenters. The van der Waals surface area contributed by atoms with Crippen LogP contribution in [0.4, 0.5) is 5.69 Å². The average Bonchev–Trinajstić information content (AvgIpc) is 3.79. The Labute approximate surface area is 338 Å². The van der Waals surface area contributed by atoms with Crippen LogP contribution in [0.3, 0.4) is 0 Å². The van der Waals surface area contributed by atoms with Crippen LogP contribution in [0.25, 0.3) is 0 Å². The zero-order valence-corrected chi connectivity index (χ0v) is 33.7. The molecule has 11 unspecified atom stereocenters. The van der Waals surface area contributed by atoms with Crippen molar-refractivity contribution >= 4 is 5.69 Å². The molecule has 56 heavy (non-hydrogen) atoms. The SMILES string of the molecule is C1=CC(C2C=C(N3c4ccc(C5C=CC6C7C=CCCC7N(C7=CC(C8CC=CCC8)=CC(C8=CCCCC8)C7)C6C5)cc4C4C=CCCC43)C=CC2)CCC1. The van der Waals surface area contributed by atoms with Crippen molar-refractivity contribution in [1.82, 2.24) is 4.90 Å². The first kappa shape index (κ1) is 35.4. The van der Waals surface area contributed by atoms with E-state index in [0.717, 1.165) is 0 Å². The van der Waals surface area contributed by atoms with E-state index in [0.29, 0.717) is 65.5 Å². The highest BCUT2D eigenvalue weighted by Gasteiger charge is 2.50. The van der Waals surface area contributed by atoms with Crippen molar-refractivity contribution in [3.05, 3.63) is 149 Å². The number of rotatable bonds is 6. The minimum Gasteiger partial charge on any atom is -0.368 e. The second kappa shape index (κ2) is 15.2. The minimum atomic E-state index is 0.462. The van der Waals surface area contributed by atoms with Gasteiger partial charge in [-0.1, -0.05) is 103 Å². The van der Waals surface area contributed by atoms with Gasteiger partial charge in [-0.15, -0.1) is 0 Å². The molecule has 2 nitrogen and oxygen atoms in total. The van der Waals surface area contributed by atoms with Gasteiger partial charge in [0.2, 0.25) is 0 Å². The number of hydrogen-bond donors (Lipinski definition) is 0. The third-order valence-electron chi connectivity index (χ3n) is 16.1. The summed E-state index contributed by atoms with van der Waals surface area (Å²) in [6, 6.07) is 9.46. The van der Waals surface area contributed by atoms with E-state index in [9.17, 15) is 0 Å². The van der Waals surface area contributed by atoms with E-state index in [-0.39, 0.29) is 0 Å². The summed E-state index contributed by atoms with van der Waals surface area (Å²) < 4.78 is 0. The molecule has 0 amide bonds. The van der Waals surface area contributed by atoms with Crippen molar-refractivity contribution in [2.45, 2.75) is 139 Å². The quantitative estimate of drug-likeness (QED) is 0.268. The van der Waals surface area contributed by atoms with Crippen molar-refractivity contribution in [2.75, 3.05) is 4.90 Å². The number of nitrogens with zero attached hydrogens (tertiary/aromatic N) is 2. The summed E-state index contributed by atoms with van der Waals surface area (Å²) in [4.78, 5) is 5.83. The summed E-state index contributed by atoms with van der Waals surface area (Å²) in [5.41, 5.74) is 11.1. The van der Waals surface area contributed by atoms with E-state index in [1.165, 1.54) is 121 Å². The van der Waals surface area contributed by atoms with Gasteiger partial charge in [0.1, 0.15) is 0 Å². The van der Waals surface area contributed by atoms with Gasteiger partial charge in [-0.25, -0.2) is 0 Å². The molecule has 2 heterocycles. The average molecular weight is 741 g/mol. The number of anilines is 1. The van der Waals surface area contributed by atoms with Crippen molar-refractivity contribution in [2.24, 2.45) is 35.5 Å². The maximum atomic E-state index is 3.06. The maximum Gasteiger partial charge on any atom is 0.0453 e. The molecule has 1 aromatic rings. The first-order chi connectivity index (χ1) is 27.8. The summed E-state index contributed by atoms with van der Waals surface area (Å²) in [7, 11) is 0. The third kappa shape index (κ3) is 6.37. The van der Waals surface area contributed by atoms with Gasteiger partial charge in [-0.3, -0.25) is 0 Å². The Bertz CT molecular complexity index is 1990. The smallest absolute Gasteiger partial charge is 0.0453 e. The predicted octanol–water partition coefficient (Wildman–Crippen LogP) is 13.5. The number of fused-ring (bicyclic) bond motifs is 6. The maximum absolute atomic E-state index is 3.06. The molecule has 0 radical (unpaired) electrons. The Hall–Kier alpha value is -3.78. The molecule has 0 N–H and O–H groups in total. The van der Waals surface area contributed by atoms with Gasteiger partial charge in [0, 0.05) is 64.8 Å². The molecular weight excluding hydrogens is 677 g/mol. The van der Waals surface area contributed by atoms with Gasteiger partial charge >= 0.3 is 0 Å². The molecule has 0 bridgehead atoms. The van der Waals surface area contributed by atoms with Gasteiger partial charge in [0.25, 0.3) is 0 Å². The van der Waals surface area contributed by atoms with Crippen molar-refractivity contribution < 1.29 is 0 Å². The van der Waals surface area contributed by atoms with Crippen LogP contribution in [0.5, 0.6) is 0 Å². The van der Waals surface area contributed by atoms with E-state index in [4.69, 9.17) is 0 Å². The fourth-order valence-electron chi connectivity index (χ4n) is 13.4. The number of likely N-dealkylation sites (tertiary alicyclic amines) is 1. The Kier molecular flexibility index (Phi) is 9.60. The van der Waals surface area contributed by atoms with Crippen LogP contribution < -0.4 is 4.90 Å². The van der Waals surface area contributed by atoms with E-state index >= 15 is 0 Å². The van der Waals surface area contributed by atoms with Crippen molar-refractivity contribution in [3.8, 4) is 0 Å². The highest BCUT2D eigenvalue weighted by Crippen LogP contribution is 2.54. The lowest BCUT2D eigenvalue weighted by molar-refractivity contribution is 0.199. The fourth-order valence-corrected chi connectivity index (χ4v) is 13.4. The molecule has 10 aliphatic rings. The molecule has 8 aliphatic carbocycles. The Morgan fingerprint density at radius 1 is 0.625 bits per heavy atom. The number of hydrogen-bond acceptors (Lipinski definition) is 2. The normalized spacial score (nSPS) is 38.3. The highest BCUT2D eigenvalue weighted by atomic mass is 15.2. The standard InChI is InChI=1S/C54H64N2/c1-4-15-37(16-5-1)40-21-14-22-45(32-40)55-52-26-13-11-24-48(52)50-35-41(28-30-53(50)55)42-27-29-49-47-23-10-12-25-51(47)56(54(49)36-42)46-33-43(38-17-6-2-7-18-38)31-44(34-46)39-19-8-3-9-20-39/h2,4,6,10-11,14-15,19,22-24,27-33,35,37-38,40,42,44,47-49,51-52,54H,1,3,5,7-9,12-13,16-18,20-21,25-26,34,36H2. The van der Waals surface area contributed by atoms with E-state index in [1.54, 1.807) is 28.0 Å². The topological polar surface area (TPSA) is 6.48 Å². The molecule has 0 spiro atoms. The Balaban J connectivity index is 0.914. The summed E-state index contributed by atoms with van der Waals surface area (Å²) in [5, 5.41) is 0. The molecule has 1 saturated heterocycles. The molecule has 1 aromatic carbocycles. The molecule has 0 saturated carbocycles. The zero-order chi connectivity index (χ0) is 37.0. The van der Waals surface area contributed by atoms with E-state index < -0.39 is 0 Å². The van der Waals surface area contributed by atoms with E-state index in [1.807, 2.05) is 0 Å². The van der Waals surface area contributed by atoms with Crippen molar-refractivity contribution in [1.29, 1.82) is 0 Å². The van der Waals surface area contributed by atoms with Gasteiger partial charge < -0.3 is 9.80 Å². The zero-order valence-electron chi connectivity index (χ0n) is 33.7. The molecule has 290 valence electrons. The summed E-state index contributed by atoms with van der Waals surface area (Å²) >= 11 is 0. The molecule has 1 fully saturated rings. The third-order valence-corrected chi connectivity index (χ3v) is 16.1. The van der Waals surface area contributed by atoms with Crippen LogP contribution in [0.1, 0.15) is 132 Å². The summed E-state index contributed by atoms with van der Waals surface area (Å²) in [6.07, 6.45) is 62.7. The van der Waals surface area contributed by atoms with E-state index in [2.05, 4.69) is 125 Å². The first-order valence-electron chi connectivity index (χ1n) is 23.3. The lowest BCUT2D eigenvalue weighted by Crippen LogP contribution is -2.40. The lowest BCUT2D eigenvalue weighted by atomic mass is 9.75. The molecule has 2 heteroatoms. The van der Waals surface area contributed by atoms with Crippen LogP contribution in [-0.2, 0) is 0 Å². The fraction of sp³-hybridized carbons (Fsp3) is 0.519. The number of benzene rings is 1. The number of allylic oxidation sites excluding steroid dienone is 16. The van der Waals surface area contributed by atoms with Gasteiger partial charge in [-0.2, -0.15) is 0 Å². The van der Waals surface area contributed by atoms with Gasteiger partial charge in [-0.05, 0) is 162 Å². The highest BCUT2D eigenvalue weighted by molar-refractivity contribution is 5.70. The van der Waals surface area contributed by atoms with Crippen LogP contribution in [0.2, 0.25) is 0 Å². The second-order valence-corrected chi connectivity index (χ2v) is 19.3. The predicted molar refractivity (Wildman–Crippen MR) is 234 cm³/mol. The van der Waals surface area contributed by atoms with Crippen LogP contribution in [0.15, 0.2) is 138 Å². The molecule has 11 rings (SSSR count). The molecule has 0 aromatic heterocycles. The van der Waals surface area contributed by atoms with Crippen molar-refractivity contribution in [3.63, 3.8) is 0 Å². The first-order valence-corrected chi connectivity index (χ1v) is 23.3. The van der Waals surface area contributed by atoms with Crippen LogP contribution in [0, 0.1) is 35.5 Å². The second-order valence-electron chi connectivity index (χ2n) is 19.3. The van der Waals surface area contributed by atoms with Gasteiger partial charge in [0.15, 0.2) is 0 Å². The molecular formula is C54H64N2. The minimum absolute atomic E-state index is 0.462. The Morgan fingerprint density at radius 2 is 1.52 bits per heavy atom. The van der Waals surface area contributed by atoms with Gasteiger partial charge in [0.05, 0.1) is 0 Å². The van der Waals surface area contributed by atoms with Crippen LogP contribution in [-0.4, -0.2) is 23.0 Å². The monoisotopic (exact) mass is 741 g/mol. The lowest BCUT2D eigenvalue weighted by Gasteiger charge is -2.42. The largest absolute Gasteiger partial charge is 0.368 e. The molecule has 2 aliphatic heterocycles. The van der Waals surface area contributed by atoms with Crippen LogP contribution >= 0.6 is 0 Å². The summed E-state index contributed by atoms with van der Waals surface area (Å²) in [5.74, 6) is 4.78. The summed E-state index contributed by atoms with van der Waals surface area (Å²) in [6.45, 7) is 0. The Morgan fingerprint density at radius 3 is 2.39 bits per heavy atom.